The van der Waals surface area contributed by atoms with E-state index in [9.17, 15) is 4.79 Å². The summed E-state index contributed by atoms with van der Waals surface area (Å²) in [6, 6.07) is 0.549. The normalized spacial score (nSPS) is 32.7. The van der Waals surface area contributed by atoms with Crippen molar-refractivity contribution in [3.05, 3.63) is 0 Å². The molecule has 0 radical (unpaired) electrons. The van der Waals surface area contributed by atoms with Crippen LogP contribution in [0.2, 0.25) is 0 Å². The number of nitrogens with zero attached hydrogens (tertiary/aromatic N) is 2. The smallest absolute Gasteiger partial charge is 0.220 e. The molecule has 0 aliphatic carbocycles. The SMILES string of the molecule is CCCCC(=O)NCC1CN2CCN1CC2. The number of hydrogen-bond donors (Lipinski definition) is 1. The van der Waals surface area contributed by atoms with Gasteiger partial charge >= 0.3 is 0 Å². The van der Waals surface area contributed by atoms with Gasteiger partial charge in [-0.05, 0) is 6.42 Å². The molecule has 3 aliphatic heterocycles. The van der Waals surface area contributed by atoms with E-state index >= 15 is 0 Å². The quantitative estimate of drug-likeness (QED) is 0.730. The number of piperazine rings is 3. The van der Waals surface area contributed by atoms with Crippen LogP contribution in [-0.2, 0) is 4.79 Å². The Morgan fingerprint density at radius 3 is 2.62 bits per heavy atom. The van der Waals surface area contributed by atoms with Crippen molar-refractivity contribution in [1.82, 2.24) is 15.1 Å². The Morgan fingerprint density at radius 2 is 2.06 bits per heavy atom. The van der Waals surface area contributed by atoms with E-state index in [1.165, 1.54) is 26.2 Å². The van der Waals surface area contributed by atoms with E-state index in [4.69, 9.17) is 0 Å². The highest BCUT2D eigenvalue weighted by Crippen LogP contribution is 2.14. The topological polar surface area (TPSA) is 35.6 Å². The molecule has 0 saturated carbocycles. The van der Waals surface area contributed by atoms with Gasteiger partial charge in [-0.25, -0.2) is 0 Å². The van der Waals surface area contributed by atoms with Crippen molar-refractivity contribution in [2.75, 3.05) is 39.3 Å². The third-order valence-electron chi connectivity index (χ3n) is 3.68. The molecule has 0 aromatic heterocycles. The summed E-state index contributed by atoms with van der Waals surface area (Å²) < 4.78 is 0. The van der Waals surface area contributed by atoms with E-state index in [0.29, 0.717) is 12.5 Å². The lowest BCUT2D eigenvalue weighted by Crippen LogP contribution is -2.63. The highest BCUT2D eigenvalue weighted by Gasteiger charge is 2.31. The third kappa shape index (κ3) is 2.95. The van der Waals surface area contributed by atoms with Crippen LogP contribution < -0.4 is 5.32 Å². The maximum Gasteiger partial charge on any atom is 0.220 e. The van der Waals surface area contributed by atoms with Gasteiger partial charge in [-0.15, -0.1) is 0 Å². The summed E-state index contributed by atoms with van der Waals surface area (Å²) in [7, 11) is 0. The maximum atomic E-state index is 11.5. The Balaban J connectivity index is 1.68. The fraction of sp³-hybridized carbons (Fsp3) is 0.917. The molecule has 3 heterocycles. The van der Waals surface area contributed by atoms with Gasteiger partial charge in [-0.3, -0.25) is 14.6 Å². The summed E-state index contributed by atoms with van der Waals surface area (Å²) in [5.74, 6) is 0.222. The number of carbonyl (C=O) groups is 1. The molecule has 3 fully saturated rings. The largest absolute Gasteiger partial charge is 0.354 e. The zero-order valence-electron chi connectivity index (χ0n) is 10.2. The Hall–Kier alpha value is -0.610. The van der Waals surface area contributed by atoms with Crippen molar-refractivity contribution in [3.63, 3.8) is 0 Å². The predicted molar refractivity (Wildman–Crippen MR) is 64.3 cm³/mol. The third-order valence-corrected chi connectivity index (χ3v) is 3.68. The van der Waals surface area contributed by atoms with Crippen LogP contribution in [0.1, 0.15) is 26.2 Å². The van der Waals surface area contributed by atoms with Gasteiger partial charge in [-0.1, -0.05) is 13.3 Å². The minimum Gasteiger partial charge on any atom is -0.354 e. The monoisotopic (exact) mass is 225 g/mol. The molecule has 0 aromatic carbocycles. The van der Waals surface area contributed by atoms with Crippen LogP contribution in [0.4, 0.5) is 0 Å². The molecular formula is C12H23N3O. The zero-order valence-corrected chi connectivity index (χ0v) is 10.2. The van der Waals surface area contributed by atoms with Crippen molar-refractivity contribution < 1.29 is 4.79 Å². The van der Waals surface area contributed by atoms with Crippen LogP contribution in [0.3, 0.4) is 0 Å². The van der Waals surface area contributed by atoms with Gasteiger partial charge in [-0.2, -0.15) is 0 Å². The second kappa shape index (κ2) is 5.64. The summed E-state index contributed by atoms with van der Waals surface area (Å²) >= 11 is 0. The number of hydrogen-bond acceptors (Lipinski definition) is 3. The molecule has 1 amide bonds. The minimum absolute atomic E-state index is 0.222. The summed E-state index contributed by atoms with van der Waals surface area (Å²) in [5.41, 5.74) is 0. The molecule has 0 aromatic rings. The van der Waals surface area contributed by atoms with E-state index < -0.39 is 0 Å². The van der Waals surface area contributed by atoms with Crippen molar-refractivity contribution in [1.29, 1.82) is 0 Å². The van der Waals surface area contributed by atoms with Gasteiger partial charge in [0.15, 0.2) is 0 Å². The average Bonchev–Trinajstić information content (AvgIpc) is 2.35. The van der Waals surface area contributed by atoms with E-state index in [1.54, 1.807) is 0 Å². The van der Waals surface area contributed by atoms with Crippen LogP contribution in [0, 0.1) is 0 Å². The van der Waals surface area contributed by atoms with Crippen molar-refractivity contribution in [2.45, 2.75) is 32.2 Å². The Morgan fingerprint density at radius 1 is 1.31 bits per heavy atom. The molecule has 1 N–H and O–H groups in total. The Labute approximate surface area is 98.0 Å². The lowest BCUT2D eigenvalue weighted by Gasteiger charge is -2.47. The van der Waals surface area contributed by atoms with Crippen LogP contribution in [0.25, 0.3) is 0 Å². The van der Waals surface area contributed by atoms with Crippen LogP contribution in [-0.4, -0.2) is 61.0 Å². The van der Waals surface area contributed by atoms with Gasteiger partial charge in [0.05, 0.1) is 0 Å². The fourth-order valence-electron chi connectivity index (χ4n) is 2.58. The number of amides is 1. The maximum absolute atomic E-state index is 11.5. The van der Waals surface area contributed by atoms with Gasteiger partial charge in [0.2, 0.25) is 5.91 Å². The van der Waals surface area contributed by atoms with Crippen molar-refractivity contribution in [2.24, 2.45) is 0 Å². The second-order valence-electron chi connectivity index (χ2n) is 4.90. The molecule has 4 heteroatoms. The summed E-state index contributed by atoms with van der Waals surface area (Å²) in [6.45, 7) is 8.85. The first-order chi connectivity index (χ1) is 7.79. The first-order valence-corrected chi connectivity index (χ1v) is 6.52. The number of unbranched alkanes of at least 4 members (excludes halogenated alkanes) is 1. The average molecular weight is 225 g/mol. The highest BCUT2D eigenvalue weighted by molar-refractivity contribution is 5.75. The van der Waals surface area contributed by atoms with Crippen LogP contribution in [0.15, 0.2) is 0 Å². The molecule has 3 aliphatic rings. The first-order valence-electron chi connectivity index (χ1n) is 6.52. The molecule has 2 bridgehead atoms. The molecule has 16 heavy (non-hydrogen) atoms. The van der Waals surface area contributed by atoms with Crippen LogP contribution in [0.5, 0.6) is 0 Å². The lowest BCUT2D eigenvalue weighted by atomic mass is 10.1. The van der Waals surface area contributed by atoms with Crippen molar-refractivity contribution in [3.8, 4) is 0 Å². The molecule has 1 atom stereocenters. The Kier molecular flexibility index (Phi) is 4.18. The molecule has 3 rings (SSSR count). The van der Waals surface area contributed by atoms with Gasteiger partial charge < -0.3 is 5.32 Å². The number of nitrogens with one attached hydrogen (secondary N) is 1. The molecule has 1 unspecified atom stereocenters. The van der Waals surface area contributed by atoms with E-state index in [0.717, 1.165) is 25.9 Å². The fourth-order valence-corrected chi connectivity index (χ4v) is 2.58. The molecule has 3 saturated heterocycles. The predicted octanol–water partition coefficient (Wildman–Crippen LogP) is 0.293. The number of carbonyl (C=O) groups excluding carboxylic acids is 1. The van der Waals surface area contributed by atoms with Crippen LogP contribution >= 0.6 is 0 Å². The van der Waals surface area contributed by atoms with E-state index in [1.807, 2.05) is 0 Å². The van der Waals surface area contributed by atoms with Gasteiger partial charge in [0, 0.05) is 51.7 Å². The first kappa shape index (κ1) is 11.9. The Bertz CT molecular complexity index is 236. The molecule has 0 spiro atoms. The highest BCUT2D eigenvalue weighted by atomic mass is 16.1. The number of fused-ring (bicyclic) bond motifs is 3. The zero-order chi connectivity index (χ0) is 11.4. The molecule has 92 valence electrons. The lowest BCUT2D eigenvalue weighted by molar-refractivity contribution is -0.121. The minimum atomic E-state index is 0.222. The number of rotatable bonds is 5. The molecule has 4 nitrogen and oxygen atoms in total. The molecular weight excluding hydrogens is 202 g/mol. The standard InChI is InChI=1S/C12H23N3O/c1-2-3-4-12(16)13-9-11-10-14-5-7-15(11)8-6-14/h11H,2-10H2,1H3,(H,13,16). The summed E-state index contributed by atoms with van der Waals surface area (Å²) in [4.78, 5) is 16.5. The van der Waals surface area contributed by atoms with Crippen molar-refractivity contribution >= 4 is 5.91 Å². The van der Waals surface area contributed by atoms with Gasteiger partial charge in [0.25, 0.3) is 0 Å². The van der Waals surface area contributed by atoms with Gasteiger partial charge in [0.1, 0.15) is 0 Å². The van der Waals surface area contributed by atoms with E-state index in [2.05, 4.69) is 22.0 Å². The summed E-state index contributed by atoms with van der Waals surface area (Å²) in [5, 5.41) is 3.06. The summed E-state index contributed by atoms with van der Waals surface area (Å²) in [6.07, 6.45) is 2.79. The van der Waals surface area contributed by atoms with E-state index in [-0.39, 0.29) is 5.91 Å². The second-order valence-corrected chi connectivity index (χ2v) is 4.90.